The molecular formula is C12H12BrClN2O4. The molecule has 108 valence electrons. The summed E-state index contributed by atoms with van der Waals surface area (Å²) >= 11 is 9.09. The first-order valence-corrected chi connectivity index (χ1v) is 6.95. The number of carbonyl (C=O) groups excluding carboxylic acids is 1. The van der Waals surface area contributed by atoms with E-state index in [4.69, 9.17) is 16.3 Å². The summed E-state index contributed by atoms with van der Waals surface area (Å²) in [6.45, 7) is 0.263. The zero-order valence-corrected chi connectivity index (χ0v) is 12.6. The van der Waals surface area contributed by atoms with Gasteiger partial charge in [-0.15, -0.1) is 0 Å². The first-order valence-electron chi connectivity index (χ1n) is 5.78. The fraction of sp³-hybridized carbons (Fsp3) is 0.333. The van der Waals surface area contributed by atoms with E-state index in [0.717, 1.165) is 0 Å². The molecule has 6 nitrogen and oxygen atoms in total. The predicted molar refractivity (Wildman–Crippen MR) is 77.1 cm³/mol. The number of anilines is 1. The molecule has 0 aliphatic carbocycles. The maximum atomic E-state index is 11.9. The fourth-order valence-electron chi connectivity index (χ4n) is 1.84. The number of ether oxygens (including phenoxy) is 1. The van der Waals surface area contributed by atoms with Crippen LogP contribution in [0.5, 0.6) is 0 Å². The number of rotatable bonds is 3. The molecule has 1 aromatic carbocycles. The van der Waals surface area contributed by atoms with E-state index in [9.17, 15) is 14.7 Å². The summed E-state index contributed by atoms with van der Waals surface area (Å²) in [7, 11) is 0. The first kappa shape index (κ1) is 15.1. The first-order chi connectivity index (χ1) is 9.43. The zero-order valence-electron chi connectivity index (χ0n) is 10.3. The molecule has 1 aliphatic rings. The highest BCUT2D eigenvalue weighted by Gasteiger charge is 2.44. The quantitative estimate of drug-likeness (QED) is 0.770. The largest absolute Gasteiger partial charge is 0.479 e. The summed E-state index contributed by atoms with van der Waals surface area (Å²) in [5.74, 6) is -1.11. The van der Waals surface area contributed by atoms with Gasteiger partial charge in [0.2, 0.25) is 0 Å². The second-order valence-electron chi connectivity index (χ2n) is 4.40. The fourth-order valence-corrected chi connectivity index (χ4v) is 2.34. The van der Waals surface area contributed by atoms with Gasteiger partial charge in [0.25, 0.3) is 0 Å². The highest BCUT2D eigenvalue weighted by atomic mass is 79.9. The van der Waals surface area contributed by atoms with E-state index < -0.39 is 17.5 Å². The highest BCUT2D eigenvalue weighted by molar-refractivity contribution is 9.10. The number of carboxylic acids is 1. The molecule has 1 fully saturated rings. The van der Waals surface area contributed by atoms with Crippen LogP contribution in [0.1, 0.15) is 6.42 Å². The van der Waals surface area contributed by atoms with Crippen molar-refractivity contribution in [3.63, 3.8) is 0 Å². The van der Waals surface area contributed by atoms with E-state index in [1.807, 2.05) is 0 Å². The standard InChI is InChI=1S/C12H12BrClN2O4/c13-8-5-7(1-2-9(8)14)15-11(19)16-12(10(17)18)3-4-20-6-12/h1-2,5H,3-4,6H2,(H,17,18)(H2,15,16,19). The van der Waals surface area contributed by atoms with E-state index in [0.29, 0.717) is 21.8 Å². The molecule has 1 unspecified atom stereocenters. The van der Waals surface area contributed by atoms with Crippen molar-refractivity contribution in [2.24, 2.45) is 0 Å². The Morgan fingerprint density at radius 1 is 1.45 bits per heavy atom. The van der Waals surface area contributed by atoms with E-state index >= 15 is 0 Å². The number of carboxylic acid groups (broad SMARTS) is 1. The van der Waals surface area contributed by atoms with Crippen molar-refractivity contribution in [2.45, 2.75) is 12.0 Å². The Morgan fingerprint density at radius 3 is 2.75 bits per heavy atom. The Labute approximate surface area is 128 Å². The van der Waals surface area contributed by atoms with Crippen LogP contribution >= 0.6 is 27.5 Å². The smallest absolute Gasteiger partial charge is 0.332 e. The van der Waals surface area contributed by atoms with E-state index in [1.165, 1.54) is 0 Å². The van der Waals surface area contributed by atoms with Crippen molar-refractivity contribution in [1.29, 1.82) is 0 Å². The molecule has 0 bridgehead atoms. The van der Waals surface area contributed by atoms with Gasteiger partial charge in [-0.25, -0.2) is 9.59 Å². The van der Waals surface area contributed by atoms with Crippen LogP contribution < -0.4 is 10.6 Å². The molecule has 1 saturated heterocycles. The van der Waals surface area contributed by atoms with Crippen LogP contribution in [0.3, 0.4) is 0 Å². The number of aliphatic carboxylic acids is 1. The summed E-state index contributed by atoms with van der Waals surface area (Å²) in [5.41, 5.74) is -0.869. The normalized spacial score (nSPS) is 21.5. The van der Waals surface area contributed by atoms with Crippen LogP contribution in [0.4, 0.5) is 10.5 Å². The maximum Gasteiger partial charge on any atom is 0.332 e. The van der Waals surface area contributed by atoms with Gasteiger partial charge < -0.3 is 20.5 Å². The third-order valence-electron chi connectivity index (χ3n) is 2.96. The van der Waals surface area contributed by atoms with Crippen molar-refractivity contribution in [3.8, 4) is 0 Å². The number of benzene rings is 1. The maximum absolute atomic E-state index is 11.9. The summed E-state index contributed by atoms with van der Waals surface area (Å²) < 4.78 is 5.69. The summed E-state index contributed by atoms with van der Waals surface area (Å²) in [6, 6.07) is 4.26. The lowest BCUT2D eigenvalue weighted by Gasteiger charge is -2.23. The number of hydrogen-bond acceptors (Lipinski definition) is 3. The van der Waals surface area contributed by atoms with Gasteiger partial charge in [-0.1, -0.05) is 11.6 Å². The Kier molecular flexibility index (Phi) is 4.52. The van der Waals surface area contributed by atoms with Crippen LogP contribution in [0.15, 0.2) is 22.7 Å². The van der Waals surface area contributed by atoms with Crippen molar-refractivity contribution in [3.05, 3.63) is 27.7 Å². The van der Waals surface area contributed by atoms with Gasteiger partial charge in [0, 0.05) is 23.2 Å². The van der Waals surface area contributed by atoms with Crippen LogP contribution in [0.25, 0.3) is 0 Å². The number of urea groups is 1. The SMILES string of the molecule is O=C(Nc1ccc(Cl)c(Br)c1)NC1(C(=O)O)CCOC1. The number of hydrogen-bond donors (Lipinski definition) is 3. The summed E-state index contributed by atoms with van der Waals surface area (Å²) in [6.07, 6.45) is 0.236. The Balaban J connectivity index is 2.04. The lowest BCUT2D eigenvalue weighted by molar-refractivity contribution is -0.144. The number of nitrogens with one attached hydrogen (secondary N) is 2. The summed E-state index contributed by atoms with van der Waals surface area (Å²) in [4.78, 5) is 23.1. The number of halogens is 2. The topological polar surface area (TPSA) is 87.7 Å². The van der Waals surface area contributed by atoms with Gasteiger partial charge in [-0.05, 0) is 34.1 Å². The molecule has 2 amide bonds. The van der Waals surface area contributed by atoms with Gasteiger partial charge in [-0.3, -0.25) is 0 Å². The molecule has 0 aromatic heterocycles. The molecule has 1 aliphatic heterocycles. The molecule has 0 radical (unpaired) electrons. The molecular weight excluding hydrogens is 351 g/mol. The molecule has 0 spiro atoms. The Morgan fingerprint density at radius 2 is 2.20 bits per heavy atom. The second kappa shape index (κ2) is 5.99. The van der Waals surface area contributed by atoms with Gasteiger partial charge in [-0.2, -0.15) is 0 Å². The Bertz CT molecular complexity index is 546. The van der Waals surface area contributed by atoms with Gasteiger partial charge >= 0.3 is 12.0 Å². The number of carbonyl (C=O) groups is 2. The second-order valence-corrected chi connectivity index (χ2v) is 5.66. The van der Waals surface area contributed by atoms with Crippen molar-refractivity contribution in [2.75, 3.05) is 18.5 Å². The molecule has 1 aromatic rings. The highest BCUT2D eigenvalue weighted by Crippen LogP contribution is 2.26. The van der Waals surface area contributed by atoms with Gasteiger partial charge in [0.05, 0.1) is 11.6 Å². The van der Waals surface area contributed by atoms with E-state index in [2.05, 4.69) is 26.6 Å². The average molecular weight is 364 g/mol. The van der Waals surface area contributed by atoms with Crippen LogP contribution in [-0.4, -0.2) is 35.9 Å². The van der Waals surface area contributed by atoms with E-state index in [-0.39, 0.29) is 13.0 Å². The number of amides is 2. The molecule has 20 heavy (non-hydrogen) atoms. The lowest BCUT2D eigenvalue weighted by atomic mass is 9.99. The zero-order chi connectivity index (χ0) is 14.8. The van der Waals surface area contributed by atoms with Crippen molar-refractivity contribution < 1.29 is 19.4 Å². The average Bonchev–Trinajstić information content (AvgIpc) is 2.83. The third kappa shape index (κ3) is 3.23. The van der Waals surface area contributed by atoms with E-state index in [1.54, 1.807) is 18.2 Å². The predicted octanol–water partition coefficient (Wildman–Crippen LogP) is 2.47. The van der Waals surface area contributed by atoms with Crippen molar-refractivity contribution >= 4 is 45.2 Å². The molecule has 3 N–H and O–H groups in total. The molecule has 1 heterocycles. The lowest BCUT2D eigenvalue weighted by Crippen LogP contribution is -2.56. The third-order valence-corrected chi connectivity index (χ3v) is 4.18. The van der Waals surface area contributed by atoms with Gasteiger partial charge in [0.15, 0.2) is 5.54 Å². The molecule has 0 saturated carbocycles. The monoisotopic (exact) mass is 362 g/mol. The minimum Gasteiger partial charge on any atom is -0.479 e. The van der Waals surface area contributed by atoms with Crippen LogP contribution in [-0.2, 0) is 9.53 Å². The van der Waals surface area contributed by atoms with Crippen LogP contribution in [0, 0.1) is 0 Å². The van der Waals surface area contributed by atoms with Gasteiger partial charge in [0.1, 0.15) is 0 Å². The summed E-state index contributed by atoms with van der Waals surface area (Å²) in [5, 5.41) is 14.7. The molecule has 2 rings (SSSR count). The minimum absolute atomic E-state index is 0.0416. The Hall–Kier alpha value is -1.31. The van der Waals surface area contributed by atoms with Crippen LogP contribution in [0.2, 0.25) is 5.02 Å². The molecule has 8 heteroatoms. The van der Waals surface area contributed by atoms with Crippen molar-refractivity contribution in [1.82, 2.24) is 5.32 Å². The minimum atomic E-state index is -1.37. The molecule has 1 atom stereocenters.